The van der Waals surface area contributed by atoms with Gasteiger partial charge in [0.25, 0.3) is 0 Å². The highest BCUT2D eigenvalue weighted by Crippen LogP contribution is 2.41. The van der Waals surface area contributed by atoms with Gasteiger partial charge < -0.3 is 9.30 Å². The topological polar surface area (TPSA) is 14.2 Å². The van der Waals surface area contributed by atoms with Crippen molar-refractivity contribution < 1.29 is 4.74 Å². The second-order valence-corrected chi connectivity index (χ2v) is 7.30. The monoisotopic (exact) mass is 355 g/mol. The standard InChI is InChI=1S/C23H17NOS/c1-25-18-11-7-8-16(14-18)22-15-21-23(26-22)19-12-5-6-13-20(19)24(21)17-9-3-2-4-10-17/h2-15H,1H3. The molecule has 26 heavy (non-hydrogen) atoms. The molecule has 0 amide bonds. The van der Waals surface area contributed by atoms with Crippen LogP contribution in [-0.4, -0.2) is 11.7 Å². The van der Waals surface area contributed by atoms with Crippen molar-refractivity contribution in [1.29, 1.82) is 0 Å². The van der Waals surface area contributed by atoms with Gasteiger partial charge in [0.15, 0.2) is 0 Å². The Kier molecular flexibility index (Phi) is 3.54. The summed E-state index contributed by atoms with van der Waals surface area (Å²) in [4.78, 5) is 1.25. The highest BCUT2D eigenvalue weighted by Gasteiger charge is 2.16. The fraction of sp³-hybridized carbons (Fsp3) is 0.0435. The van der Waals surface area contributed by atoms with E-state index in [4.69, 9.17) is 4.74 Å². The van der Waals surface area contributed by atoms with Crippen LogP contribution in [0.15, 0.2) is 84.9 Å². The second-order valence-electron chi connectivity index (χ2n) is 6.25. The lowest BCUT2D eigenvalue weighted by atomic mass is 10.2. The number of rotatable bonds is 3. The zero-order valence-corrected chi connectivity index (χ0v) is 15.2. The Morgan fingerprint density at radius 3 is 2.42 bits per heavy atom. The van der Waals surface area contributed by atoms with Gasteiger partial charge in [-0.1, -0.05) is 48.5 Å². The van der Waals surface area contributed by atoms with Gasteiger partial charge in [0.2, 0.25) is 0 Å². The predicted octanol–water partition coefficient (Wildman–Crippen LogP) is 6.52. The van der Waals surface area contributed by atoms with E-state index >= 15 is 0 Å². The lowest BCUT2D eigenvalue weighted by Gasteiger charge is -2.06. The molecule has 126 valence electrons. The molecular formula is C23H17NOS. The summed E-state index contributed by atoms with van der Waals surface area (Å²) in [5, 5.41) is 1.30. The summed E-state index contributed by atoms with van der Waals surface area (Å²) >= 11 is 1.84. The zero-order valence-electron chi connectivity index (χ0n) is 14.3. The van der Waals surface area contributed by atoms with E-state index in [-0.39, 0.29) is 0 Å². The number of hydrogen-bond donors (Lipinski definition) is 0. The van der Waals surface area contributed by atoms with Crippen LogP contribution in [0.5, 0.6) is 5.75 Å². The van der Waals surface area contributed by atoms with Crippen LogP contribution < -0.4 is 4.74 Å². The number of nitrogens with zero attached hydrogens (tertiary/aromatic N) is 1. The molecule has 2 heterocycles. The molecule has 2 aromatic heterocycles. The quantitative estimate of drug-likeness (QED) is 0.359. The molecule has 0 spiro atoms. The maximum atomic E-state index is 5.39. The Morgan fingerprint density at radius 2 is 1.58 bits per heavy atom. The fourth-order valence-electron chi connectivity index (χ4n) is 3.50. The van der Waals surface area contributed by atoms with E-state index in [0.29, 0.717) is 0 Å². The van der Waals surface area contributed by atoms with Crippen LogP contribution in [0.25, 0.3) is 37.2 Å². The number of thiophene rings is 1. The molecule has 0 aliphatic heterocycles. The van der Waals surface area contributed by atoms with E-state index in [1.165, 1.54) is 37.2 Å². The minimum atomic E-state index is 0.886. The first-order valence-corrected chi connectivity index (χ1v) is 9.39. The van der Waals surface area contributed by atoms with Gasteiger partial charge in [0.05, 0.1) is 22.8 Å². The molecule has 0 saturated carbocycles. The number of para-hydroxylation sites is 2. The molecule has 0 aliphatic rings. The van der Waals surface area contributed by atoms with Gasteiger partial charge in [-0.3, -0.25) is 0 Å². The third-order valence-electron chi connectivity index (χ3n) is 4.71. The van der Waals surface area contributed by atoms with Gasteiger partial charge in [-0.15, -0.1) is 11.3 Å². The summed E-state index contributed by atoms with van der Waals surface area (Å²) in [6, 6.07) is 29.7. The van der Waals surface area contributed by atoms with Crippen molar-refractivity contribution in [1.82, 2.24) is 4.57 Å². The summed E-state index contributed by atoms with van der Waals surface area (Å²) in [5.41, 5.74) is 4.88. The zero-order chi connectivity index (χ0) is 17.5. The van der Waals surface area contributed by atoms with Gasteiger partial charge in [-0.05, 0) is 42.0 Å². The molecule has 3 aromatic carbocycles. The lowest BCUT2D eigenvalue weighted by Crippen LogP contribution is -1.92. The normalized spacial score (nSPS) is 11.3. The second kappa shape index (κ2) is 6.04. The molecule has 0 fully saturated rings. The lowest BCUT2D eigenvalue weighted by molar-refractivity contribution is 0.415. The molecule has 0 N–H and O–H groups in total. The predicted molar refractivity (Wildman–Crippen MR) is 111 cm³/mol. The molecule has 0 radical (unpaired) electrons. The minimum Gasteiger partial charge on any atom is -0.497 e. The number of hydrogen-bond acceptors (Lipinski definition) is 2. The Labute approximate surface area is 155 Å². The van der Waals surface area contributed by atoms with Crippen LogP contribution in [0.2, 0.25) is 0 Å². The third-order valence-corrected chi connectivity index (χ3v) is 5.92. The Hall–Kier alpha value is -3.04. The van der Waals surface area contributed by atoms with Crippen LogP contribution in [0, 0.1) is 0 Å². The van der Waals surface area contributed by atoms with Crippen molar-refractivity contribution in [2.45, 2.75) is 0 Å². The molecule has 2 nitrogen and oxygen atoms in total. The van der Waals surface area contributed by atoms with Crippen molar-refractivity contribution in [2.75, 3.05) is 7.11 Å². The number of benzene rings is 3. The van der Waals surface area contributed by atoms with Gasteiger partial charge >= 0.3 is 0 Å². The number of fused-ring (bicyclic) bond motifs is 3. The average molecular weight is 355 g/mol. The number of ether oxygens (including phenoxy) is 1. The summed E-state index contributed by atoms with van der Waals surface area (Å²) in [6.07, 6.45) is 0. The van der Waals surface area contributed by atoms with Gasteiger partial charge in [-0.2, -0.15) is 0 Å². The first-order valence-electron chi connectivity index (χ1n) is 8.58. The molecular weight excluding hydrogens is 338 g/mol. The molecule has 0 saturated heterocycles. The largest absolute Gasteiger partial charge is 0.497 e. The van der Waals surface area contributed by atoms with Crippen LogP contribution >= 0.6 is 11.3 Å². The van der Waals surface area contributed by atoms with Crippen molar-refractivity contribution in [3.63, 3.8) is 0 Å². The fourth-order valence-corrected chi connectivity index (χ4v) is 4.68. The van der Waals surface area contributed by atoms with Crippen LogP contribution in [0.1, 0.15) is 0 Å². The molecule has 0 unspecified atom stereocenters. The first-order chi connectivity index (χ1) is 12.8. The molecule has 5 aromatic rings. The van der Waals surface area contributed by atoms with Gasteiger partial charge in [-0.25, -0.2) is 0 Å². The smallest absolute Gasteiger partial charge is 0.119 e. The average Bonchev–Trinajstić information content (AvgIpc) is 3.26. The van der Waals surface area contributed by atoms with Gasteiger partial charge in [0, 0.05) is 16.0 Å². The van der Waals surface area contributed by atoms with E-state index in [1.807, 2.05) is 23.5 Å². The molecule has 0 bridgehead atoms. The van der Waals surface area contributed by atoms with Crippen LogP contribution in [0.3, 0.4) is 0 Å². The van der Waals surface area contributed by atoms with E-state index in [2.05, 4.69) is 77.4 Å². The van der Waals surface area contributed by atoms with Crippen molar-refractivity contribution in [3.05, 3.63) is 84.9 Å². The summed E-state index contributed by atoms with van der Waals surface area (Å²) in [6.45, 7) is 0. The molecule has 5 rings (SSSR count). The number of aromatic nitrogens is 1. The first kappa shape index (κ1) is 15.2. The Balaban J connectivity index is 1.81. The molecule has 0 aliphatic carbocycles. The minimum absolute atomic E-state index is 0.886. The summed E-state index contributed by atoms with van der Waals surface area (Å²) < 4.78 is 9.07. The van der Waals surface area contributed by atoms with Crippen LogP contribution in [0.4, 0.5) is 0 Å². The van der Waals surface area contributed by atoms with E-state index in [1.54, 1.807) is 7.11 Å². The van der Waals surface area contributed by atoms with Crippen LogP contribution in [-0.2, 0) is 0 Å². The van der Waals surface area contributed by atoms with E-state index in [9.17, 15) is 0 Å². The maximum absolute atomic E-state index is 5.39. The van der Waals surface area contributed by atoms with Crippen molar-refractivity contribution in [2.24, 2.45) is 0 Å². The maximum Gasteiger partial charge on any atom is 0.119 e. The van der Waals surface area contributed by atoms with E-state index < -0.39 is 0 Å². The summed E-state index contributed by atoms with van der Waals surface area (Å²) in [7, 11) is 1.71. The highest BCUT2D eigenvalue weighted by atomic mass is 32.1. The van der Waals surface area contributed by atoms with Gasteiger partial charge in [0.1, 0.15) is 5.75 Å². The molecule has 3 heteroatoms. The van der Waals surface area contributed by atoms with E-state index in [0.717, 1.165) is 5.75 Å². The van der Waals surface area contributed by atoms with Crippen molar-refractivity contribution >= 4 is 32.5 Å². The van der Waals surface area contributed by atoms with Crippen molar-refractivity contribution in [3.8, 4) is 21.9 Å². The number of methoxy groups -OCH3 is 1. The Morgan fingerprint density at radius 1 is 0.769 bits per heavy atom. The summed E-state index contributed by atoms with van der Waals surface area (Å²) in [5.74, 6) is 0.886. The molecule has 0 atom stereocenters. The SMILES string of the molecule is COc1cccc(-c2cc3c(s2)c2ccccc2n3-c2ccccc2)c1. The highest BCUT2D eigenvalue weighted by molar-refractivity contribution is 7.23. The third kappa shape index (κ3) is 2.32. The Bertz CT molecular complexity index is 1220.